The minimum Gasteiger partial charge on any atom is -0.294 e. The molecule has 0 saturated heterocycles. The normalized spacial score (nSPS) is 17.1. The number of ketones is 1. The van der Waals surface area contributed by atoms with Gasteiger partial charge >= 0.3 is 0 Å². The Morgan fingerprint density at radius 2 is 1.71 bits per heavy atom. The number of hydrogen-bond acceptors (Lipinski definition) is 1. The highest BCUT2D eigenvalue weighted by atomic mass is 79.9. The molecule has 0 radical (unpaired) electrons. The summed E-state index contributed by atoms with van der Waals surface area (Å²) < 4.78 is 0.955. The number of benzene rings is 1. The quantitative estimate of drug-likeness (QED) is 0.714. The molecular weight excluding hydrogens is 276 g/mol. The fourth-order valence-corrected chi connectivity index (χ4v) is 3.21. The Labute approximate surface area is 112 Å². The van der Waals surface area contributed by atoms with Crippen molar-refractivity contribution in [3.05, 3.63) is 33.3 Å². The highest BCUT2D eigenvalue weighted by molar-refractivity contribution is 9.10. The summed E-state index contributed by atoms with van der Waals surface area (Å²) in [5.74, 6) is 0.585. The number of carbonyl (C=O) groups is 1. The summed E-state index contributed by atoms with van der Waals surface area (Å²) in [6, 6.07) is 4.10. The molecular formula is C15H19BrO. The molecule has 0 bridgehead atoms. The summed E-state index contributed by atoms with van der Waals surface area (Å²) >= 11 is 3.53. The number of hydrogen-bond donors (Lipinski definition) is 0. The second-order valence-electron chi connectivity index (χ2n) is 5.12. The van der Waals surface area contributed by atoms with Gasteiger partial charge < -0.3 is 0 Å². The average molecular weight is 295 g/mol. The van der Waals surface area contributed by atoms with Gasteiger partial charge in [0.2, 0.25) is 0 Å². The first-order valence-corrected chi connectivity index (χ1v) is 7.20. The van der Waals surface area contributed by atoms with E-state index in [9.17, 15) is 4.79 Å². The van der Waals surface area contributed by atoms with Gasteiger partial charge in [-0.2, -0.15) is 0 Å². The molecule has 1 saturated carbocycles. The maximum Gasteiger partial charge on any atom is 0.167 e. The van der Waals surface area contributed by atoms with E-state index < -0.39 is 0 Å². The molecule has 1 nitrogen and oxygen atoms in total. The first-order chi connectivity index (χ1) is 8.09. The molecule has 0 unspecified atom stereocenters. The van der Waals surface area contributed by atoms with E-state index in [-0.39, 0.29) is 5.92 Å². The topological polar surface area (TPSA) is 17.1 Å². The van der Waals surface area contributed by atoms with Gasteiger partial charge in [0, 0.05) is 16.0 Å². The maximum absolute atomic E-state index is 12.5. The predicted molar refractivity (Wildman–Crippen MR) is 74.5 cm³/mol. The molecule has 0 N–H and O–H groups in total. The molecule has 1 aromatic rings. The van der Waals surface area contributed by atoms with E-state index in [1.807, 2.05) is 6.07 Å². The van der Waals surface area contributed by atoms with Gasteiger partial charge in [-0.15, -0.1) is 0 Å². The molecule has 0 amide bonds. The molecule has 2 rings (SSSR count). The van der Waals surface area contributed by atoms with Gasteiger partial charge in [-0.3, -0.25) is 4.79 Å². The fraction of sp³-hybridized carbons (Fsp3) is 0.533. The number of carbonyl (C=O) groups excluding carboxylic acids is 1. The van der Waals surface area contributed by atoms with Crippen molar-refractivity contribution < 1.29 is 4.79 Å². The fourth-order valence-electron chi connectivity index (χ4n) is 2.55. The zero-order valence-electron chi connectivity index (χ0n) is 10.6. The van der Waals surface area contributed by atoms with Gasteiger partial charge in [-0.25, -0.2) is 0 Å². The van der Waals surface area contributed by atoms with Crippen molar-refractivity contribution in [3.8, 4) is 0 Å². The van der Waals surface area contributed by atoms with Crippen molar-refractivity contribution in [1.82, 2.24) is 0 Å². The Morgan fingerprint density at radius 3 is 2.35 bits per heavy atom. The number of rotatable bonds is 2. The van der Waals surface area contributed by atoms with Crippen molar-refractivity contribution in [2.45, 2.75) is 46.0 Å². The number of Topliss-reactive ketones (excluding diaryl/α,β-unsaturated/α-hetero) is 1. The Kier molecular flexibility index (Phi) is 4.03. The van der Waals surface area contributed by atoms with Gasteiger partial charge in [-0.1, -0.05) is 35.2 Å². The lowest BCUT2D eigenvalue weighted by atomic mass is 9.83. The van der Waals surface area contributed by atoms with Crippen LogP contribution in [0.2, 0.25) is 0 Å². The zero-order chi connectivity index (χ0) is 12.4. The Hall–Kier alpha value is -0.630. The average Bonchev–Trinajstić information content (AvgIpc) is 2.34. The van der Waals surface area contributed by atoms with Crippen LogP contribution in [-0.2, 0) is 0 Å². The van der Waals surface area contributed by atoms with E-state index in [2.05, 4.69) is 35.8 Å². The van der Waals surface area contributed by atoms with Crippen LogP contribution in [0.15, 0.2) is 16.6 Å². The van der Waals surface area contributed by atoms with E-state index in [0.29, 0.717) is 5.78 Å². The molecule has 1 fully saturated rings. The summed E-state index contributed by atoms with van der Waals surface area (Å²) in [4.78, 5) is 12.5. The number of halogens is 1. The summed E-state index contributed by atoms with van der Waals surface area (Å²) in [7, 11) is 0. The minimum atomic E-state index is 0.252. The van der Waals surface area contributed by atoms with Gasteiger partial charge in [0.25, 0.3) is 0 Å². The summed E-state index contributed by atoms with van der Waals surface area (Å²) in [6.07, 6.45) is 5.84. The van der Waals surface area contributed by atoms with Gasteiger partial charge in [0.1, 0.15) is 0 Å². The standard InChI is InChI=1S/C15H19BrO/c1-10-8-13(14(16)9-11(10)2)15(17)12-6-4-3-5-7-12/h8-9,12H,3-7H2,1-2H3. The van der Waals surface area contributed by atoms with Crippen LogP contribution in [0.5, 0.6) is 0 Å². The maximum atomic E-state index is 12.5. The Balaban J connectivity index is 2.26. The van der Waals surface area contributed by atoms with Crippen LogP contribution < -0.4 is 0 Å². The van der Waals surface area contributed by atoms with Crippen LogP contribution in [0, 0.1) is 19.8 Å². The third-order valence-electron chi connectivity index (χ3n) is 3.82. The smallest absolute Gasteiger partial charge is 0.167 e. The van der Waals surface area contributed by atoms with Gasteiger partial charge in [-0.05, 0) is 49.9 Å². The lowest BCUT2D eigenvalue weighted by Crippen LogP contribution is -2.18. The lowest BCUT2D eigenvalue weighted by molar-refractivity contribution is 0.0888. The molecule has 0 atom stereocenters. The minimum absolute atomic E-state index is 0.252. The van der Waals surface area contributed by atoms with E-state index in [1.54, 1.807) is 0 Å². The van der Waals surface area contributed by atoms with Crippen LogP contribution in [-0.4, -0.2) is 5.78 Å². The lowest BCUT2D eigenvalue weighted by Gasteiger charge is -2.21. The molecule has 1 aliphatic rings. The molecule has 2 heteroatoms. The van der Waals surface area contributed by atoms with Crippen molar-refractivity contribution >= 4 is 21.7 Å². The summed E-state index contributed by atoms with van der Waals surface area (Å²) in [5.41, 5.74) is 3.31. The molecule has 0 aromatic heterocycles. The molecule has 0 heterocycles. The van der Waals surface area contributed by atoms with Crippen LogP contribution in [0.3, 0.4) is 0 Å². The first kappa shape index (κ1) is 12.8. The van der Waals surface area contributed by atoms with Crippen molar-refractivity contribution in [3.63, 3.8) is 0 Å². The molecule has 17 heavy (non-hydrogen) atoms. The SMILES string of the molecule is Cc1cc(Br)c(C(=O)C2CCCCC2)cc1C. The second kappa shape index (κ2) is 5.34. The molecule has 1 aromatic carbocycles. The first-order valence-electron chi connectivity index (χ1n) is 6.40. The van der Waals surface area contributed by atoms with Crippen LogP contribution >= 0.6 is 15.9 Å². The zero-order valence-corrected chi connectivity index (χ0v) is 12.1. The summed E-state index contributed by atoms with van der Waals surface area (Å²) in [6.45, 7) is 4.15. The van der Waals surface area contributed by atoms with Crippen LogP contribution in [0.25, 0.3) is 0 Å². The molecule has 0 spiro atoms. The highest BCUT2D eigenvalue weighted by Gasteiger charge is 2.24. The second-order valence-corrected chi connectivity index (χ2v) is 5.97. The highest BCUT2D eigenvalue weighted by Crippen LogP contribution is 2.30. The third-order valence-corrected chi connectivity index (χ3v) is 4.48. The number of aryl methyl sites for hydroxylation is 2. The predicted octanol–water partition coefficient (Wildman–Crippen LogP) is 4.83. The monoisotopic (exact) mass is 294 g/mol. The third kappa shape index (κ3) is 2.79. The van der Waals surface area contributed by atoms with Crippen molar-refractivity contribution in [1.29, 1.82) is 0 Å². The van der Waals surface area contributed by atoms with Crippen molar-refractivity contribution in [2.24, 2.45) is 5.92 Å². The molecule has 1 aliphatic carbocycles. The van der Waals surface area contributed by atoms with Crippen LogP contribution in [0.1, 0.15) is 53.6 Å². The largest absolute Gasteiger partial charge is 0.294 e. The van der Waals surface area contributed by atoms with Gasteiger partial charge in [0.15, 0.2) is 5.78 Å². The van der Waals surface area contributed by atoms with Gasteiger partial charge in [0.05, 0.1) is 0 Å². The Bertz CT molecular complexity index is 431. The molecule has 92 valence electrons. The van der Waals surface area contributed by atoms with E-state index >= 15 is 0 Å². The van der Waals surface area contributed by atoms with E-state index in [1.165, 1.54) is 30.4 Å². The van der Waals surface area contributed by atoms with E-state index in [4.69, 9.17) is 0 Å². The molecule has 0 aliphatic heterocycles. The van der Waals surface area contributed by atoms with Crippen LogP contribution in [0.4, 0.5) is 0 Å². The Morgan fingerprint density at radius 1 is 1.12 bits per heavy atom. The van der Waals surface area contributed by atoms with E-state index in [0.717, 1.165) is 22.9 Å². The summed E-state index contributed by atoms with van der Waals surface area (Å²) in [5, 5.41) is 0. The van der Waals surface area contributed by atoms with Crippen molar-refractivity contribution in [2.75, 3.05) is 0 Å².